The minimum Gasteiger partial charge on any atom is -0.388 e. The average Bonchev–Trinajstić information content (AvgIpc) is 2.73. The first-order valence-electron chi connectivity index (χ1n) is 9.46. The molecule has 0 amide bonds. The molecule has 10 heteroatoms. The van der Waals surface area contributed by atoms with Crippen LogP contribution in [0, 0.1) is 0 Å². The summed E-state index contributed by atoms with van der Waals surface area (Å²) in [5.74, 6) is 0. The molecule has 2 heterocycles. The van der Waals surface area contributed by atoms with E-state index in [0.717, 1.165) is 5.56 Å². The Morgan fingerprint density at radius 3 is 1.97 bits per heavy atom. The molecule has 2 fully saturated rings. The van der Waals surface area contributed by atoms with Crippen LogP contribution in [0.4, 0.5) is 0 Å². The molecule has 0 aliphatic carbocycles. The van der Waals surface area contributed by atoms with Crippen molar-refractivity contribution < 1.29 is 49.6 Å². The van der Waals surface area contributed by atoms with Crippen molar-refractivity contribution in [2.45, 2.75) is 74.9 Å². The van der Waals surface area contributed by atoms with Crippen LogP contribution in [0.2, 0.25) is 0 Å². The number of rotatable bonds is 6. The van der Waals surface area contributed by atoms with Crippen molar-refractivity contribution in [1.82, 2.24) is 0 Å². The summed E-state index contributed by atoms with van der Waals surface area (Å²) in [7, 11) is 0. The summed E-state index contributed by atoms with van der Waals surface area (Å²) in [6.07, 6.45) is -13.1. The molecule has 10 atom stereocenters. The van der Waals surface area contributed by atoms with Crippen molar-refractivity contribution in [3.63, 3.8) is 0 Å². The summed E-state index contributed by atoms with van der Waals surface area (Å²) in [5.41, 5.74) is 0.831. The lowest BCUT2D eigenvalue weighted by Gasteiger charge is -2.42. The van der Waals surface area contributed by atoms with Crippen molar-refractivity contribution >= 4 is 0 Å². The van der Waals surface area contributed by atoms with Gasteiger partial charge >= 0.3 is 0 Å². The van der Waals surface area contributed by atoms with E-state index in [1.165, 1.54) is 6.92 Å². The number of hydrogen-bond donors (Lipinski definition) is 6. The van der Waals surface area contributed by atoms with Crippen LogP contribution < -0.4 is 0 Å². The molecule has 10 nitrogen and oxygen atoms in total. The fourth-order valence-corrected chi connectivity index (χ4v) is 3.29. The monoisotopic (exact) mass is 416 g/mol. The predicted octanol–water partition coefficient (Wildman–Crippen LogP) is -2.15. The second-order valence-corrected chi connectivity index (χ2v) is 7.33. The smallest absolute Gasteiger partial charge is 0.187 e. The molecule has 6 N–H and O–H groups in total. The van der Waals surface area contributed by atoms with Gasteiger partial charge in [-0.15, -0.1) is 0 Å². The maximum absolute atomic E-state index is 10.2. The second kappa shape index (κ2) is 9.75. The van der Waals surface area contributed by atoms with Gasteiger partial charge in [-0.05, 0) is 12.5 Å². The van der Waals surface area contributed by atoms with Crippen LogP contribution in [0.1, 0.15) is 12.5 Å². The van der Waals surface area contributed by atoms with Gasteiger partial charge in [0.05, 0.1) is 19.3 Å². The average molecular weight is 416 g/mol. The van der Waals surface area contributed by atoms with E-state index in [1.807, 2.05) is 30.3 Å². The number of aliphatic hydroxyl groups is 6. The SMILES string of the molecule is C[C@@H]1O[C@H](OC[C@@H]2O[C@@H](OCc3ccccc3)[C@H](O)[C@@H](O)[C@@H]2O)[C@@H](O)[C@@H](O)[C@@H]1O. The fourth-order valence-electron chi connectivity index (χ4n) is 3.29. The first-order valence-corrected chi connectivity index (χ1v) is 9.46. The molecule has 164 valence electrons. The molecule has 1 aromatic carbocycles. The topological polar surface area (TPSA) is 158 Å². The van der Waals surface area contributed by atoms with E-state index in [2.05, 4.69) is 0 Å². The third-order valence-electron chi connectivity index (χ3n) is 5.16. The van der Waals surface area contributed by atoms with Gasteiger partial charge in [-0.3, -0.25) is 0 Å². The minimum absolute atomic E-state index is 0.116. The lowest BCUT2D eigenvalue weighted by Crippen LogP contribution is -2.61. The highest BCUT2D eigenvalue weighted by Crippen LogP contribution is 2.26. The largest absolute Gasteiger partial charge is 0.388 e. The van der Waals surface area contributed by atoms with E-state index in [9.17, 15) is 30.6 Å². The van der Waals surface area contributed by atoms with Gasteiger partial charge in [-0.1, -0.05) is 30.3 Å². The van der Waals surface area contributed by atoms with Crippen LogP contribution in [0.3, 0.4) is 0 Å². The first kappa shape index (κ1) is 22.5. The lowest BCUT2D eigenvalue weighted by atomic mass is 9.98. The fraction of sp³-hybridized carbons (Fsp3) is 0.684. The van der Waals surface area contributed by atoms with Crippen LogP contribution in [0.5, 0.6) is 0 Å². The van der Waals surface area contributed by atoms with Gasteiger partial charge in [0, 0.05) is 0 Å². The van der Waals surface area contributed by atoms with E-state index in [0.29, 0.717) is 0 Å². The zero-order valence-electron chi connectivity index (χ0n) is 15.9. The standard InChI is InChI=1S/C19H28O10/c1-9-12(20)14(22)16(24)18(28-9)27-8-11-13(21)15(23)17(25)19(29-11)26-7-10-5-3-2-4-6-10/h2-6,9,11-25H,7-8H2,1H3/t9-,11-,12+,13+,14-,15-,16-,17+,18-,19+/m0/s1. The van der Waals surface area contributed by atoms with Gasteiger partial charge in [0.25, 0.3) is 0 Å². The van der Waals surface area contributed by atoms with Crippen molar-refractivity contribution in [2.75, 3.05) is 6.61 Å². The Bertz CT molecular complexity index is 631. The van der Waals surface area contributed by atoms with Crippen LogP contribution in [-0.2, 0) is 25.6 Å². The van der Waals surface area contributed by atoms with Gasteiger partial charge in [-0.25, -0.2) is 0 Å². The molecule has 1 aromatic rings. The molecule has 0 unspecified atom stereocenters. The molecular weight excluding hydrogens is 388 g/mol. The maximum Gasteiger partial charge on any atom is 0.187 e. The number of aliphatic hydroxyl groups excluding tert-OH is 6. The van der Waals surface area contributed by atoms with Crippen molar-refractivity contribution in [3.05, 3.63) is 35.9 Å². The van der Waals surface area contributed by atoms with Gasteiger partial charge in [-0.2, -0.15) is 0 Å². The Labute approximate surface area is 167 Å². The van der Waals surface area contributed by atoms with Crippen molar-refractivity contribution in [2.24, 2.45) is 0 Å². The molecule has 0 spiro atoms. The minimum atomic E-state index is -1.54. The molecule has 0 aromatic heterocycles. The van der Waals surface area contributed by atoms with Gasteiger partial charge in [0.15, 0.2) is 12.6 Å². The Balaban J connectivity index is 1.58. The molecule has 0 bridgehead atoms. The zero-order chi connectivity index (χ0) is 21.1. The zero-order valence-corrected chi connectivity index (χ0v) is 15.9. The maximum atomic E-state index is 10.2. The molecule has 2 aliphatic rings. The summed E-state index contributed by atoms with van der Waals surface area (Å²) < 4.78 is 21.8. The Hall–Kier alpha value is -1.18. The summed E-state index contributed by atoms with van der Waals surface area (Å²) in [6, 6.07) is 9.15. The molecule has 0 radical (unpaired) electrons. The second-order valence-electron chi connectivity index (χ2n) is 7.33. The third-order valence-corrected chi connectivity index (χ3v) is 5.16. The molecule has 2 saturated heterocycles. The van der Waals surface area contributed by atoms with E-state index in [4.69, 9.17) is 18.9 Å². The normalized spacial score (nSPS) is 43.3. The molecular formula is C19H28O10. The molecule has 0 saturated carbocycles. The Morgan fingerprint density at radius 2 is 1.31 bits per heavy atom. The van der Waals surface area contributed by atoms with Gasteiger partial charge in [0.2, 0.25) is 0 Å². The predicted molar refractivity (Wildman–Crippen MR) is 96.2 cm³/mol. The first-order chi connectivity index (χ1) is 13.8. The van der Waals surface area contributed by atoms with E-state index in [1.54, 1.807) is 0 Å². The van der Waals surface area contributed by atoms with Crippen LogP contribution in [0.15, 0.2) is 30.3 Å². The number of benzene rings is 1. The highest BCUT2D eigenvalue weighted by Gasteiger charge is 2.46. The van der Waals surface area contributed by atoms with Crippen LogP contribution in [-0.4, -0.2) is 98.7 Å². The quantitative estimate of drug-likeness (QED) is 0.302. The van der Waals surface area contributed by atoms with Crippen LogP contribution >= 0.6 is 0 Å². The van der Waals surface area contributed by atoms with Crippen molar-refractivity contribution in [3.8, 4) is 0 Å². The molecule has 3 rings (SSSR count). The van der Waals surface area contributed by atoms with E-state index in [-0.39, 0.29) is 13.2 Å². The van der Waals surface area contributed by atoms with Crippen molar-refractivity contribution in [1.29, 1.82) is 0 Å². The summed E-state index contributed by atoms with van der Waals surface area (Å²) in [5, 5.41) is 60.0. The van der Waals surface area contributed by atoms with Crippen LogP contribution in [0.25, 0.3) is 0 Å². The molecule has 29 heavy (non-hydrogen) atoms. The summed E-state index contributed by atoms with van der Waals surface area (Å²) in [6.45, 7) is 1.30. The third kappa shape index (κ3) is 5.12. The summed E-state index contributed by atoms with van der Waals surface area (Å²) in [4.78, 5) is 0. The Kier molecular flexibility index (Phi) is 7.57. The Morgan fingerprint density at radius 1 is 0.724 bits per heavy atom. The molecule has 2 aliphatic heterocycles. The van der Waals surface area contributed by atoms with Gasteiger partial charge < -0.3 is 49.6 Å². The number of hydrogen-bond acceptors (Lipinski definition) is 10. The van der Waals surface area contributed by atoms with E-state index < -0.39 is 61.4 Å². The highest BCUT2D eigenvalue weighted by atomic mass is 16.7. The van der Waals surface area contributed by atoms with Gasteiger partial charge in [0.1, 0.15) is 42.7 Å². The van der Waals surface area contributed by atoms with E-state index >= 15 is 0 Å². The number of ether oxygens (including phenoxy) is 4. The lowest BCUT2D eigenvalue weighted by molar-refractivity contribution is -0.329. The highest BCUT2D eigenvalue weighted by molar-refractivity contribution is 5.13. The summed E-state index contributed by atoms with van der Waals surface area (Å²) >= 11 is 0.